The molecule has 1 N–H and O–H groups in total. The lowest BCUT2D eigenvalue weighted by Gasteiger charge is -2.26. The third-order valence-electron chi connectivity index (χ3n) is 4.78. The maximum atomic E-state index is 12.6. The monoisotopic (exact) mass is 381 g/mol. The first-order valence-corrected chi connectivity index (χ1v) is 9.09. The minimum atomic E-state index is -0.470. The molecule has 0 saturated heterocycles. The van der Waals surface area contributed by atoms with Crippen LogP contribution in [0.4, 0.5) is 17.1 Å². The molecule has 0 radical (unpaired) electrons. The summed E-state index contributed by atoms with van der Waals surface area (Å²) < 4.78 is 0. The lowest BCUT2D eigenvalue weighted by Crippen LogP contribution is -2.38. The number of anilines is 2. The summed E-state index contributed by atoms with van der Waals surface area (Å²) in [6, 6.07) is 9.78. The van der Waals surface area contributed by atoms with Gasteiger partial charge in [-0.1, -0.05) is 20.8 Å². The third-order valence-corrected chi connectivity index (χ3v) is 4.78. The smallest absolute Gasteiger partial charge is 0.272 e. The van der Waals surface area contributed by atoms with Gasteiger partial charge in [0.2, 0.25) is 5.91 Å². The van der Waals surface area contributed by atoms with Crippen molar-refractivity contribution in [2.75, 3.05) is 16.8 Å². The first-order chi connectivity index (χ1) is 13.1. The van der Waals surface area contributed by atoms with E-state index in [1.165, 1.54) is 18.2 Å². The molecule has 3 rings (SSSR count). The van der Waals surface area contributed by atoms with Crippen molar-refractivity contribution in [3.63, 3.8) is 0 Å². The van der Waals surface area contributed by atoms with Crippen molar-refractivity contribution in [1.29, 1.82) is 0 Å². The fourth-order valence-electron chi connectivity index (χ4n) is 3.30. The first kappa shape index (κ1) is 19.5. The molecule has 1 aliphatic rings. The number of nitro groups is 1. The summed E-state index contributed by atoms with van der Waals surface area (Å²) in [7, 11) is 0. The van der Waals surface area contributed by atoms with Crippen LogP contribution in [0.15, 0.2) is 36.4 Å². The average Bonchev–Trinajstić information content (AvgIpc) is 3.02. The molecule has 0 aliphatic carbocycles. The molecule has 7 heteroatoms. The molecule has 28 heavy (non-hydrogen) atoms. The van der Waals surface area contributed by atoms with E-state index < -0.39 is 10.3 Å². The number of carbonyl (C=O) groups is 2. The van der Waals surface area contributed by atoms with Gasteiger partial charge in [-0.05, 0) is 49.2 Å². The molecule has 0 bridgehead atoms. The third kappa shape index (κ3) is 3.74. The summed E-state index contributed by atoms with van der Waals surface area (Å²) in [6.45, 7) is 7.92. The number of fused-ring (bicyclic) bond motifs is 1. The van der Waals surface area contributed by atoms with Gasteiger partial charge in [0.1, 0.15) is 0 Å². The van der Waals surface area contributed by atoms with Crippen LogP contribution in [0.25, 0.3) is 0 Å². The van der Waals surface area contributed by atoms with E-state index in [4.69, 9.17) is 0 Å². The first-order valence-electron chi connectivity index (χ1n) is 9.09. The molecular formula is C21H23N3O4. The second-order valence-corrected chi connectivity index (χ2v) is 8.01. The molecule has 0 atom stereocenters. The van der Waals surface area contributed by atoms with E-state index in [0.29, 0.717) is 23.4 Å². The number of hydrogen-bond donors (Lipinski definition) is 1. The number of rotatable bonds is 3. The number of benzene rings is 2. The maximum Gasteiger partial charge on any atom is 0.272 e. The summed E-state index contributed by atoms with van der Waals surface area (Å²) >= 11 is 0. The number of nitro benzene ring substituents is 1. The van der Waals surface area contributed by atoms with Crippen LogP contribution in [0.2, 0.25) is 0 Å². The van der Waals surface area contributed by atoms with Crippen molar-refractivity contribution in [3.05, 3.63) is 63.2 Å². The molecule has 2 aromatic rings. The van der Waals surface area contributed by atoms with Gasteiger partial charge in [-0.15, -0.1) is 0 Å². The van der Waals surface area contributed by atoms with E-state index in [9.17, 15) is 19.7 Å². The standard InChI is InChI=1S/C21H23N3O4/c1-13-11-15(5-7-17(13)24(27)28)19(25)22-16-6-8-18-14(12-16)9-10-23(18)20(26)21(2,3)4/h5-8,11-12H,9-10H2,1-4H3,(H,22,25). The fourth-order valence-corrected chi connectivity index (χ4v) is 3.30. The number of nitrogens with zero attached hydrogens (tertiary/aromatic N) is 2. The second-order valence-electron chi connectivity index (χ2n) is 8.01. The van der Waals surface area contributed by atoms with Gasteiger partial charge in [-0.2, -0.15) is 0 Å². The van der Waals surface area contributed by atoms with Gasteiger partial charge in [0.15, 0.2) is 0 Å². The Kier molecular flexibility index (Phi) is 4.93. The van der Waals surface area contributed by atoms with Gasteiger partial charge in [0.25, 0.3) is 11.6 Å². The lowest BCUT2D eigenvalue weighted by molar-refractivity contribution is -0.385. The number of nitrogens with one attached hydrogen (secondary N) is 1. The van der Waals surface area contributed by atoms with Gasteiger partial charge in [-0.25, -0.2) is 0 Å². The van der Waals surface area contributed by atoms with E-state index in [1.54, 1.807) is 17.9 Å². The molecule has 0 fully saturated rings. The number of carbonyl (C=O) groups excluding carboxylic acids is 2. The molecule has 0 aromatic heterocycles. The Hall–Kier alpha value is -3.22. The van der Waals surface area contributed by atoms with Gasteiger partial charge in [0, 0.05) is 40.5 Å². The van der Waals surface area contributed by atoms with Crippen molar-refractivity contribution in [1.82, 2.24) is 0 Å². The van der Waals surface area contributed by atoms with E-state index >= 15 is 0 Å². The van der Waals surface area contributed by atoms with Crippen LogP contribution in [-0.4, -0.2) is 23.3 Å². The van der Waals surface area contributed by atoms with Crippen LogP contribution < -0.4 is 10.2 Å². The molecule has 1 aliphatic heterocycles. The normalized spacial score (nSPS) is 13.2. The Morgan fingerprint density at radius 3 is 2.46 bits per heavy atom. The number of amides is 2. The Morgan fingerprint density at radius 1 is 1.14 bits per heavy atom. The molecule has 7 nitrogen and oxygen atoms in total. The summed E-state index contributed by atoms with van der Waals surface area (Å²) in [4.78, 5) is 37.3. The Labute approximate surface area is 163 Å². The van der Waals surface area contributed by atoms with Crippen LogP contribution in [-0.2, 0) is 11.2 Å². The van der Waals surface area contributed by atoms with Gasteiger partial charge in [0.05, 0.1) is 4.92 Å². The van der Waals surface area contributed by atoms with E-state index in [1.807, 2.05) is 32.9 Å². The zero-order valence-electron chi connectivity index (χ0n) is 16.4. The van der Waals surface area contributed by atoms with E-state index in [2.05, 4.69) is 5.32 Å². The van der Waals surface area contributed by atoms with E-state index in [0.717, 1.165) is 17.7 Å². The summed E-state index contributed by atoms with van der Waals surface area (Å²) in [6.07, 6.45) is 0.734. The topological polar surface area (TPSA) is 92.6 Å². The van der Waals surface area contributed by atoms with Gasteiger partial charge in [-0.3, -0.25) is 19.7 Å². The highest BCUT2D eigenvalue weighted by Gasteiger charge is 2.32. The largest absolute Gasteiger partial charge is 0.322 e. The minimum absolute atomic E-state index is 0.0160. The molecule has 0 unspecified atom stereocenters. The van der Waals surface area contributed by atoms with Crippen LogP contribution in [0, 0.1) is 22.5 Å². The van der Waals surface area contributed by atoms with Crippen molar-refractivity contribution < 1.29 is 14.5 Å². The zero-order valence-corrected chi connectivity index (χ0v) is 16.4. The Bertz CT molecular complexity index is 976. The number of aryl methyl sites for hydroxylation is 1. The summed E-state index contributed by atoms with van der Waals surface area (Å²) in [5.41, 5.74) is 2.83. The summed E-state index contributed by atoms with van der Waals surface area (Å²) in [5, 5.41) is 13.7. The SMILES string of the molecule is Cc1cc(C(=O)Nc2ccc3c(c2)CCN3C(=O)C(C)(C)C)ccc1[N+](=O)[O-]. The van der Waals surface area contributed by atoms with Crippen molar-refractivity contribution >= 4 is 28.9 Å². The van der Waals surface area contributed by atoms with E-state index in [-0.39, 0.29) is 17.5 Å². The predicted octanol–water partition coefficient (Wildman–Crippen LogP) is 4.09. The minimum Gasteiger partial charge on any atom is -0.322 e. The molecule has 146 valence electrons. The zero-order chi connectivity index (χ0) is 20.6. The molecule has 2 aromatic carbocycles. The van der Waals surface area contributed by atoms with Crippen molar-refractivity contribution in [2.45, 2.75) is 34.1 Å². The van der Waals surface area contributed by atoms with Crippen LogP contribution in [0.3, 0.4) is 0 Å². The Balaban J connectivity index is 1.78. The highest BCUT2D eigenvalue weighted by molar-refractivity contribution is 6.05. The number of hydrogen-bond acceptors (Lipinski definition) is 4. The van der Waals surface area contributed by atoms with Crippen LogP contribution in [0.1, 0.15) is 42.3 Å². The summed E-state index contributed by atoms with van der Waals surface area (Å²) in [5.74, 6) is -0.261. The van der Waals surface area contributed by atoms with Gasteiger partial charge < -0.3 is 10.2 Å². The highest BCUT2D eigenvalue weighted by atomic mass is 16.6. The fraction of sp³-hybridized carbons (Fsp3) is 0.333. The molecule has 1 heterocycles. The van der Waals surface area contributed by atoms with Crippen LogP contribution in [0.5, 0.6) is 0 Å². The highest BCUT2D eigenvalue weighted by Crippen LogP contribution is 2.33. The van der Waals surface area contributed by atoms with Crippen molar-refractivity contribution in [2.24, 2.45) is 5.41 Å². The lowest BCUT2D eigenvalue weighted by atomic mass is 9.94. The average molecular weight is 381 g/mol. The molecular weight excluding hydrogens is 358 g/mol. The van der Waals surface area contributed by atoms with Crippen LogP contribution >= 0.6 is 0 Å². The maximum absolute atomic E-state index is 12.6. The Morgan fingerprint density at radius 2 is 1.86 bits per heavy atom. The molecule has 2 amide bonds. The quantitative estimate of drug-likeness (QED) is 0.640. The molecule has 0 spiro atoms. The van der Waals surface area contributed by atoms with Crippen molar-refractivity contribution in [3.8, 4) is 0 Å². The second kappa shape index (κ2) is 7.07. The predicted molar refractivity (Wildman–Crippen MR) is 108 cm³/mol. The van der Waals surface area contributed by atoms with Gasteiger partial charge >= 0.3 is 0 Å². The molecule has 0 saturated carbocycles.